The van der Waals surface area contributed by atoms with Gasteiger partial charge < -0.3 is 0 Å². The summed E-state index contributed by atoms with van der Waals surface area (Å²) in [5.41, 5.74) is 3.58. The van der Waals surface area contributed by atoms with E-state index in [0.29, 0.717) is 0 Å². The predicted molar refractivity (Wildman–Crippen MR) is 71.2 cm³/mol. The Morgan fingerprint density at radius 1 is 0.882 bits per heavy atom. The summed E-state index contributed by atoms with van der Waals surface area (Å²) in [5.74, 6) is 0. The van der Waals surface area contributed by atoms with E-state index in [1.807, 2.05) is 0 Å². The minimum Gasteiger partial charge on any atom is -0.226 e. The van der Waals surface area contributed by atoms with Crippen molar-refractivity contribution in [2.24, 2.45) is 0 Å². The number of hydrogen-bond donors (Lipinski definition) is 0. The maximum atomic E-state index is 5.66. The molecule has 2 rings (SSSR count). The van der Waals surface area contributed by atoms with Crippen molar-refractivity contribution in [1.29, 1.82) is 0 Å². The highest BCUT2D eigenvalue weighted by Gasteiger charge is 2.13. The van der Waals surface area contributed by atoms with Crippen LogP contribution in [0.3, 0.4) is 0 Å². The average molecular weight is 247 g/mol. The number of aromatic nitrogens is 2. The van der Waals surface area contributed by atoms with Gasteiger partial charge in [-0.25, -0.2) is 9.97 Å². The van der Waals surface area contributed by atoms with Crippen LogP contribution in [-0.2, 0) is 5.41 Å². The maximum absolute atomic E-state index is 5.66. The lowest BCUT2D eigenvalue weighted by Crippen LogP contribution is -2.10. The standard InChI is InChI=1S/C14H15ClN2/c1-14(2,3)12-6-4-10(5-7-12)11-8-16-13(15)17-9-11/h4-9H,1-3H3. The fraction of sp³-hybridized carbons (Fsp3) is 0.286. The van der Waals surface area contributed by atoms with Crippen molar-refractivity contribution in [3.05, 3.63) is 47.5 Å². The van der Waals surface area contributed by atoms with E-state index in [2.05, 4.69) is 55.0 Å². The highest BCUT2D eigenvalue weighted by atomic mass is 35.5. The zero-order chi connectivity index (χ0) is 12.5. The fourth-order valence-electron chi connectivity index (χ4n) is 1.62. The van der Waals surface area contributed by atoms with Crippen LogP contribution in [0.25, 0.3) is 11.1 Å². The molecule has 1 aromatic carbocycles. The van der Waals surface area contributed by atoms with Crippen molar-refractivity contribution in [3.8, 4) is 11.1 Å². The Labute approximate surface area is 107 Å². The minimum absolute atomic E-state index is 0.176. The van der Waals surface area contributed by atoms with E-state index in [9.17, 15) is 0 Å². The van der Waals surface area contributed by atoms with Crippen molar-refractivity contribution < 1.29 is 0 Å². The van der Waals surface area contributed by atoms with Crippen LogP contribution in [0.4, 0.5) is 0 Å². The molecule has 0 saturated heterocycles. The topological polar surface area (TPSA) is 25.8 Å². The van der Waals surface area contributed by atoms with Crippen LogP contribution in [0.5, 0.6) is 0 Å². The fourth-order valence-corrected chi connectivity index (χ4v) is 1.72. The normalized spacial score (nSPS) is 11.5. The molecule has 0 atom stereocenters. The Morgan fingerprint density at radius 2 is 1.41 bits per heavy atom. The first-order valence-electron chi connectivity index (χ1n) is 5.55. The number of rotatable bonds is 1. The average Bonchev–Trinajstić information content (AvgIpc) is 2.29. The molecule has 0 spiro atoms. The number of halogens is 1. The maximum Gasteiger partial charge on any atom is 0.222 e. The summed E-state index contributed by atoms with van der Waals surface area (Å²) in [6.45, 7) is 6.61. The van der Waals surface area contributed by atoms with Crippen molar-refractivity contribution >= 4 is 11.6 Å². The number of hydrogen-bond acceptors (Lipinski definition) is 2. The molecule has 88 valence electrons. The molecule has 0 unspecified atom stereocenters. The first-order valence-corrected chi connectivity index (χ1v) is 5.93. The van der Waals surface area contributed by atoms with Crippen LogP contribution in [0, 0.1) is 0 Å². The SMILES string of the molecule is CC(C)(C)c1ccc(-c2cnc(Cl)nc2)cc1. The Hall–Kier alpha value is -1.41. The Kier molecular flexibility index (Phi) is 3.16. The molecule has 0 amide bonds. The first-order chi connectivity index (χ1) is 7.97. The largest absolute Gasteiger partial charge is 0.226 e. The molecule has 0 aliphatic heterocycles. The van der Waals surface area contributed by atoms with Gasteiger partial charge in [0.05, 0.1) is 0 Å². The molecular weight excluding hydrogens is 232 g/mol. The van der Waals surface area contributed by atoms with E-state index in [1.165, 1.54) is 5.56 Å². The molecule has 0 saturated carbocycles. The molecule has 2 nitrogen and oxygen atoms in total. The van der Waals surface area contributed by atoms with E-state index in [0.717, 1.165) is 11.1 Å². The summed E-state index contributed by atoms with van der Waals surface area (Å²) < 4.78 is 0. The molecule has 1 heterocycles. The molecule has 0 aliphatic rings. The summed E-state index contributed by atoms with van der Waals surface area (Å²) in [7, 11) is 0. The second-order valence-electron chi connectivity index (χ2n) is 5.07. The Morgan fingerprint density at radius 3 is 1.88 bits per heavy atom. The molecule has 0 N–H and O–H groups in total. The molecule has 0 bridgehead atoms. The minimum atomic E-state index is 0.176. The second-order valence-corrected chi connectivity index (χ2v) is 5.41. The lowest BCUT2D eigenvalue weighted by atomic mass is 9.86. The molecule has 0 fully saturated rings. The molecule has 0 radical (unpaired) electrons. The van der Waals surface area contributed by atoms with Gasteiger partial charge in [0, 0.05) is 18.0 Å². The van der Waals surface area contributed by atoms with E-state index in [1.54, 1.807) is 12.4 Å². The van der Waals surface area contributed by atoms with Crippen molar-refractivity contribution in [2.45, 2.75) is 26.2 Å². The summed E-state index contributed by atoms with van der Waals surface area (Å²) in [5, 5.41) is 0.278. The van der Waals surface area contributed by atoms with Crippen LogP contribution in [0.2, 0.25) is 5.28 Å². The van der Waals surface area contributed by atoms with Gasteiger partial charge in [-0.1, -0.05) is 45.0 Å². The summed E-state index contributed by atoms with van der Waals surface area (Å²) in [6.07, 6.45) is 3.48. The van der Waals surface area contributed by atoms with Crippen molar-refractivity contribution in [1.82, 2.24) is 9.97 Å². The third-order valence-corrected chi connectivity index (χ3v) is 2.90. The molecule has 2 aromatic rings. The van der Waals surface area contributed by atoms with E-state index in [4.69, 9.17) is 11.6 Å². The molecule has 3 heteroatoms. The van der Waals surface area contributed by atoms with Crippen LogP contribution in [0.15, 0.2) is 36.7 Å². The lowest BCUT2D eigenvalue weighted by molar-refractivity contribution is 0.590. The van der Waals surface area contributed by atoms with Crippen LogP contribution < -0.4 is 0 Å². The first kappa shape index (κ1) is 12.1. The van der Waals surface area contributed by atoms with Crippen molar-refractivity contribution in [2.75, 3.05) is 0 Å². The van der Waals surface area contributed by atoms with Gasteiger partial charge in [0.15, 0.2) is 0 Å². The lowest BCUT2D eigenvalue weighted by Gasteiger charge is -2.19. The van der Waals surface area contributed by atoms with Gasteiger partial charge in [-0.2, -0.15) is 0 Å². The molecule has 0 aliphatic carbocycles. The van der Waals surface area contributed by atoms with Gasteiger partial charge in [0.2, 0.25) is 5.28 Å². The predicted octanol–water partition coefficient (Wildman–Crippen LogP) is 4.09. The highest BCUT2D eigenvalue weighted by molar-refractivity contribution is 6.28. The molecular formula is C14H15ClN2. The van der Waals surface area contributed by atoms with Crippen LogP contribution in [0.1, 0.15) is 26.3 Å². The van der Waals surface area contributed by atoms with Gasteiger partial charge in [-0.05, 0) is 28.1 Å². The van der Waals surface area contributed by atoms with Gasteiger partial charge >= 0.3 is 0 Å². The van der Waals surface area contributed by atoms with Gasteiger partial charge in [-0.15, -0.1) is 0 Å². The summed E-state index contributed by atoms with van der Waals surface area (Å²) >= 11 is 5.66. The van der Waals surface area contributed by atoms with E-state index in [-0.39, 0.29) is 10.7 Å². The van der Waals surface area contributed by atoms with Crippen LogP contribution >= 0.6 is 11.6 Å². The number of nitrogens with zero attached hydrogens (tertiary/aromatic N) is 2. The van der Waals surface area contributed by atoms with E-state index >= 15 is 0 Å². The molecule has 17 heavy (non-hydrogen) atoms. The highest BCUT2D eigenvalue weighted by Crippen LogP contribution is 2.25. The number of benzene rings is 1. The summed E-state index contributed by atoms with van der Waals surface area (Å²) in [4.78, 5) is 7.96. The van der Waals surface area contributed by atoms with Crippen molar-refractivity contribution in [3.63, 3.8) is 0 Å². The quantitative estimate of drug-likeness (QED) is 0.708. The Bertz CT molecular complexity index is 495. The smallest absolute Gasteiger partial charge is 0.222 e. The van der Waals surface area contributed by atoms with Gasteiger partial charge in [0.25, 0.3) is 0 Å². The van der Waals surface area contributed by atoms with Crippen LogP contribution in [-0.4, -0.2) is 9.97 Å². The van der Waals surface area contributed by atoms with E-state index < -0.39 is 0 Å². The third kappa shape index (κ3) is 2.83. The van der Waals surface area contributed by atoms with Gasteiger partial charge in [0.1, 0.15) is 0 Å². The second kappa shape index (κ2) is 4.46. The Balaban J connectivity index is 2.33. The summed E-state index contributed by atoms with van der Waals surface area (Å²) in [6, 6.07) is 8.47. The monoisotopic (exact) mass is 246 g/mol. The zero-order valence-corrected chi connectivity index (χ0v) is 11.0. The zero-order valence-electron chi connectivity index (χ0n) is 10.2. The molecule has 1 aromatic heterocycles. The third-order valence-electron chi connectivity index (χ3n) is 2.70. The van der Waals surface area contributed by atoms with Gasteiger partial charge in [-0.3, -0.25) is 0 Å².